The fourth-order valence-electron chi connectivity index (χ4n) is 9.88. The molecule has 0 aliphatic carbocycles. The normalized spacial score (nSPS) is 20.5. The fraction of sp³-hybridized carbons (Fsp3) is 0.917. The van der Waals surface area contributed by atoms with E-state index in [-0.39, 0.29) is 71.4 Å². The topological polar surface area (TPSA) is 302 Å². The molecule has 2 aliphatic heterocycles. The van der Waals surface area contributed by atoms with E-state index in [4.69, 9.17) is 23.7 Å². The second kappa shape index (κ2) is 37.1. The predicted octanol–water partition coefficient (Wildman–Crippen LogP) is -1.38. The molecule has 86 heavy (non-hydrogen) atoms. The van der Waals surface area contributed by atoms with Crippen molar-refractivity contribution in [3.63, 3.8) is 0 Å². The number of rotatable bonds is 25. The maximum absolute atomic E-state index is 13.4. The third-order valence-electron chi connectivity index (χ3n) is 13.8. The van der Waals surface area contributed by atoms with Crippen molar-refractivity contribution in [3.05, 3.63) is 0 Å². The van der Waals surface area contributed by atoms with Crippen LogP contribution in [0.4, 0.5) is 0 Å². The Morgan fingerprint density at radius 2 is 0.558 bits per heavy atom. The van der Waals surface area contributed by atoms with Crippen molar-refractivity contribution in [2.24, 2.45) is 0 Å². The largest absolute Gasteiger partial charge is 0.459 e. The van der Waals surface area contributed by atoms with Gasteiger partial charge in [-0.3, -0.25) is 63.2 Å². The summed E-state index contributed by atoms with van der Waals surface area (Å²) in [6.07, 6.45) is -9.64. The maximum atomic E-state index is 13.4. The highest BCUT2D eigenvalue weighted by Gasteiger charge is 2.34. The lowest BCUT2D eigenvalue weighted by molar-refractivity contribution is -0.158. The second-order valence-corrected chi connectivity index (χ2v) is 28.2. The van der Waals surface area contributed by atoms with Crippen LogP contribution in [0.3, 0.4) is 0 Å². The third-order valence-corrected chi connectivity index (χ3v) is 13.8. The lowest BCUT2D eigenvalue weighted by Crippen LogP contribution is -2.54. The molecule has 0 aromatic carbocycles. The molecule has 2 heterocycles. The summed E-state index contributed by atoms with van der Waals surface area (Å²) >= 11 is 0. The first-order chi connectivity index (χ1) is 39.6. The Kier molecular flexibility index (Phi) is 34.0. The van der Waals surface area contributed by atoms with Gasteiger partial charge in [0.25, 0.3) is 0 Å². The summed E-state index contributed by atoms with van der Waals surface area (Å²) in [5.74, 6) is -2.06. The van der Waals surface area contributed by atoms with E-state index in [1.54, 1.807) is 88.0 Å². The number of nitrogens with zero attached hydrogens (tertiary/aromatic N) is 9. The molecule has 26 nitrogen and oxygen atoms in total. The van der Waals surface area contributed by atoms with Gasteiger partial charge in [-0.15, -0.1) is 0 Å². The number of esters is 5. The number of ether oxygens (including phenoxy) is 5. The van der Waals surface area contributed by atoms with Crippen molar-refractivity contribution in [1.29, 1.82) is 0 Å². The van der Waals surface area contributed by atoms with Gasteiger partial charge in [-0.2, -0.15) is 0 Å². The van der Waals surface area contributed by atoms with E-state index in [0.717, 1.165) is 0 Å². The summed E-state index contributed by atoms with van der Waals surface area (Å²) in [6, 6.07) is 0. The lowest BCUT2D eigenvalue weighted by Gasteiger charge is -2.37. The Morgan fingerprint density at radius 3 is 0.767 bits per heavy atom. The van der Waals surface area contributed by atoms with Crippen molar-refractivity contribution < 1.29 is 83.4 Å². The van der Waals surface area contributed by atoms with E-state index in [1.165, 1.54) is 0 Å². The average Bonchev–Trinajstić information content (AvgIpc) is 2.98. The molecule has 6 unspecified atom stereocenters. The quantitative estimate of drug-likeness (QED) is 0.0409. The molecule has 6 atom stereocenters. The van der Waals surface area contributed by atoms with Crippen molar-refractivity contribution in [1.82, 2.24) is 44.1 Å². The minimum absolute atomic E-state index is 0.0211. The maximum Gasteiger partial charge on any atom is 0.320 e. The monoisotopic (exact) mass is 1240 g/mol. The summed E-state index contributed by atoms with van der Waals surface area (Å²) in [4.78, 5) is 84.0. The Morgan fingerprint density at radius 1 is 0.349 bits per heavy atom. The Bertz CT molecular complexity index is 1950. The number of β-amino-alcohol motifs (C(OH)–C–C–N with tert-alkyl or cyclic N) is 2. The molecule has 2 aliphatic rings. The predicted molar refractivity (Wildman–Crippen MR) is 326 cm³/mol. The van der Waals surface area contributed by atoms with E-state index in [9.17, 15) is 59.7 Å². The molecule has 0 radical (unpaired) electrons. The summed E-state index contributed by atoms with van der Waals surface area (Å²) in [6.45, 7) is 34.8. The van der Waals surface area contributed by atoms with Gasteiger partial charge in [0.2, 0.25) is 0 Å². The Labute approximate surface area is 514 Å². The highest BCUT2D eigenvalue weighted by atomic mass is 16.6. The molecule has 26 heteroatoms. The van der Waals surface area contributed by atoms with Crippen molar-refractivity contribution >= 4 is 29.8 Å². The number of carbonyl (C=O) groups excluding carboxylic acids is 5. The van der Waals surface area contributed by atoms with Gasteiger partial charge in [0, 0.05) is 137 Å². The zero-order valence-corrected chi connectivity index (χ0v) is 55.5. The molecule has 0 bridgehead atoms. The first-order valence-electron chi connectivity index (χ1n) is 30.9. The zero-order valence-electron chi connectivity index (χ0n) is 55.5. The molecule has 2 rings (SSSR count). The van der Waals surface area contributed by atoms with Crippen LogP contribution >= 0.6 is 0 Å². The first kappa shape index (κ1) is 78.8. The summed E-state index contributed by atoms with van der Waals surface area (Å²) in [7, 11) is 0. The van der Waals surface area contributed by atoms with Crippen LogP contribution in [0.25, 0.3) is 0 Å². The number of hydrogen-bond donors (Lipinski definition) is 7. The molecular formula is C60H117N9O17. The van der Waals surface area contributed by atoms with E-state index in [1.807, 2.05) is 57.1 Å². The van der Waals surface area contributed by atoms with Crippen LogP contribution in [0.1, 0.15) is 111 Å². The molecule has 2 saturated heterocycles. The molecule has 0 aromatic rings. The van der Waals surface area contributed by atoms with Crippen LogP contribution in [-0.2, 0) is 47.7 Å². The molecular weight excluding hydrogens is 1120 g/mol. The van der Waals surface area contributed by atoms with E-state index >= 15 is 0 Å². The highest BCUT2D eigenvalue weighted by Crippen LogP contribution is 2.16. The number of carbonyl (C=O) groups is 5. The van der Waals surface area contributed by atoms with Crippen molar-refractivity contribution in [3.8, 4) is 0 Å². The Balaban J connectivity index is 2.55. The van der Waals surface area contributed by atoms with E-state index in [2.05, 4.69) is 9.80 Å². The van der Waals surface area contributed by atoms with Crippen LogP contribution in [0.5, 0.6) is 0 Å². The molecule has 2 fully saturated rings. The molecule has 0 aromatic heterocycles. The van der Waals surface area contributed by atoms with Gasteiger partial charge in [-0.05, 0) is 110 Å². The van der Waals surface area contributed by atoms with Gasteiger partial charge in [-0.1, -0.05) is 6.92 Å². The van der Waals surface area contributed by atoms with Gasteiger partial charge >= 0.3 is 29.8 Å². The van der Waals surface area contributed by atoms with Gasteiger partial charge in [-0.25, -0.2) is 0 Å². The summed E-state index contributed by atoms with van der Waals surface area (Å²) in [5, 5.41) is 77.0. The number of aliphatic hydroxyl groups is 7. The van der Waals surface area contributed by atoms with E-state index < -0.39 is 95.1 Å². The van der Waals surface area contributed by atoms with Crippen LogP contribution in [-0.4, -0.2) is 358 Å². The molecule has 0 spiro atoms. The molecule has 7 N–H and O–H groups in total. The summed E-state index contributed by atoms with van der Waals surface area (Å²) in [5.41, 5.74) is -3.60. The van der Waals surface area contributed by atoms with E-state index in [0.29, 0.717) is 111 Å². The number of hydrogen-bond acceptors (Lipinski definition) is 26. The van der Waals surface area contributed by atoms with Crippen LogP contribution < -0.4 is 0 Å². The smallest absolute Gasteiger partial charge is 0.320 e. The third kappa shape index (κ3) is 37.0. The van der Waals surface area contributed by atoms with Crippen molar-refractivity contribution in [2.75, 3.05) is 183 Å². The van der Waals surface area contributed by atoms with Gasteiger partial charge in [0.1, 0.15) is 46.3 Å². The lowest BCUT2D eigenvalue weighted by atomic mass is 10.0. The van der Waals surface area contributed by atoms with Gasteiger partial charge in [0.05, 0.1) is 57.6 Å². The summed E-state index contributed by atoms with van der Waals surface area (Å²) < 4.78 is 28.5. The van der Waals surface area contributed by atoms with Gasteiger partial charge in [0.15, 0.2) is 0 Å². The Hall–Kier alpha value is -3.29. The van der Waals surface area contributed by atoms with Gasteiger partial charge < -0.3 is 64.3 Å². The minimum atomic E-state index is -1.93. The van der Waals surface area contributed by atoms with Crippen LogP contribution in [0.15, 0.2) is 0 Å². The molecule has 0 amide bonds. The molecule has 0 saturated carbocycles. The average molecular weight is 1240 g/mol. The highest BCUT2D eigenvalue weighted by molar-refractivity contribution is 5.74. The minimum Gasteiger partial charge on any atom is -0.459 e. The number of likely N-dealkylation sites (N-methyl/N-ethyl adjacent to an activating group) is 1. The zero-order chi connectivity index (χ0) is 65.4. The fourth-order valence-corrected chi connectivity index (χ4v) is 9.88. The number of aliphatic hydroxyl groups excluding tert-OH is 7. The second-order valence-electron chi connectivity index (χ2n) is 28.2. The first-order valence-corrected chi connectivity index (χ1v) is 30.9. The SMILES string of the molecule is CCN1CCN(CC(=O)OC(C)(C)C)CCN(CC(=O)OC(C)(C)C)CCN(CC(O)CN(CC(O)CN2CCN(CC(=O)OC(C)(C)C)CCN(CC(=O)OC(C)(C)C)CCN(CC(=O)OC(C)(C)C)CC2)CC(O)C(O)C(O)C(O)CO)CC1. The van der Waals surface area contributed by atoms with Crippen LogP contribution in [0, 0.1) is 0 Å². The molecule has 504 valence electrons. The van der Waals surface area contributed by atoms with Crippen molar-refractivity contribution in [2.45, 2.75) is 175 Å². The standard InChI is InChI=1S/C60H117N9O17/c1-17-61-18-20-62(22-25-65(40-50(76)83-57(5,6)7)29-28-64(21-19-61)39-49(75)82-56(2,3)4)34-45(71)36-69(38-47(73)54(80)55(81)48(74)44-70)37-46(72)35-63-23-26-66(41-51(77)84-58(8,9)10)30-32-68(43-53(79)86-60(14,15)16)33-31-67(27-24-63)42-52(78)85-59(11,12)13/h45-48,54-55,70-74,80-81H,17-44H2,1-16H3. The van der Waals surface area contributed by atoms with Crippen LogP contribution in [0.2, 0.25) is 0 Å².